The highest BCUT2D eigenvalue weighted by Gasteiger charge is 2.51. The van der Waals surface area contributed by atoms with Crippen molar-refractivity contribution < 1.29 is 24.4 Å². The van der Waals surface area contributed by atoms with Crippen LogP contribution in [0.3, 0.4) is 0 Å². The number of benzene rings is 3. The summed E-state index contributed by atoms with van der Waals surface area (Å²) in [4.78, 5) is 0. The van der Waals surface area contributed by atoms with Crippen molar-refractivity contribution in [3.05, 3.63) is 108 Å². The Morgan fingerprint density at radius 1 is 0.537 bits per heavy atom. The monoisotopic (exact) mass is 561 g/mol. The number of aliphatic hydroxyl groups excluding tert-OH is 2. The van der Waals surface area contributed by atoms with Gasteiger partial charge in [-0.15, -0.1) is 0 Å². The predicted molar refractivity (Wildman–Crippen MR) is 162 cm³/mol. The minimum Gasteiger partial charge on any atom is -0.389 e. The zero-order valence-electron chi connectivity index (χ0n) is 24.3. The quantitative estimate of drug-likeness (QED) is 0.181. The predicted octanol–water partition coefficient (Wildman–Crippen LogP) is 5.80. The Kier molecular flexibility index (Phi) is 13.3. The number of rotatable bonds is 17. The van der Waals surface area contributed by atoms with Crippen molar-refractivity contribution in [1.29, 1.82) is 0 Å². The third-order valence-corrected chi connectivity index (χ3v) is 7.82. The third-order valence-electron chi connectivity index (χ3n) is 7.82. The first-order valence-corrected chi connectivity index (χ1v) is 15.2. The first-order valence-electron chi connectivity index (χ1n) is 15.2. The lowest BCUT2D eigenvalue weighted by molar-refractivity contribution is -0.238. The summed E-state index contributed by atoms with van der Waals surface area (Å²) < 4.78 is 19.4. The molecular formula is C35H47NO5. The fraction of sp³-hybridized carbons (Fsp3) is 0.486. The van der Waals surface area contributed by atoms with Gasteiger partial charge in [-0.3, -0.25) is 0 Å². The Morgan fingerprint density at radius 3 is 1.49 bits per heavy atom. The second-order valence-electron chi connectivity index (χ2n) is 11.0. The van der Waals surface area contributed by atoms with Crippen molar-refractivity contribution in [3.8, 4) is 0 Å². The fourth-order valence-electron chi connectivity index (χ4n) is 5.48. The van der Waals surface area contributed by atoms with Gasteiger partial charge in [0.05, 0.1) is 25.9 Å². The van der Waals surface area contributed by atoms with Crippen LogP contribution in [0.25, 0.3) is 0 Å². The van der Waals surface area contributed by atoms with E-state index >= 15 is 0 Å². The van der Waals surface area contributed by atoms with Crippen LogP contribution in [-0.4, -0.2) is 53.3 Å². The van der Waals surface area contributed by atoms with Crippen LogP contribution in [0.1, 0.15) is 62.1 Å². The highest BCUT2D eigenvalue weighted by molar-refractivity contribution is 5.16. The van der Waals surface area contributed by atoms with Crippen LogP contribution in [0.4, 0.5) is 0 Å². The van der Waals surface area contributed by atoms with Gasteiger partial charge >= 0.3 is 0 Å². The molecule has 1 fully saturated rings. The summed E-state index contributed by atoms with van der Waals surface area (Å²) in [5.74, 6) is 0. The van der Waals surface area contributed by atoms with Gasteiger partial charge in [0.2, 0.25) is 0 Å². The average Bonchev–Trinajstić information content (AvgIpc) is 3.02. The molecule has 0 amide bonds. The Balaban J connectivity index is 1.53. The second-order valence-corrected chi connectivity index (χ2v) is 11.0. The summed E-state index contributed by atoms with van der Waals surface area (Å²) in [6.07, 6.45) is 2.93. The van der Waals surface area contributed by atoms with E-state index in [-0.39, 0.29) is 0 Å². The van der Waals surface area contributed by atoms with Gasteiger partial charge in [-0.25, -0.2) is 0 Å². The molecule has 0 radical (unpaired) electrons. The Hall–Kier alpha value is -2.58. The maximum Gasteiger partial charge on any atom is 0.115 e. The number of aliphatic hydroxyl groups is 2. The lowest BCUT2D eigenvalue weighted by Crippen LogP contribution is -2.69. The molecule has 6 unspecified atom stereocenters. The van der Waals surface area contributed by atoms with E-state index < -0.39 is 36.6 Å². The number of ether oxygens (including phenoxy) is 3. The van der Waals surface area contributed by atoms with Crippen molar-refractivity contribution in [3.63, 3.8) is 0 Å². The molecule has 0 bridgehead atoms. The van der Waals surface area contributed by atoms with E-state index in [1.807, 2.05) is 91.0 Å². The molecule has 0 aromatic heterocycles. The van der Waals surface area contributed by atoms with Crippen molar-refractivity contribution in [1.82, 2.24) is 5.32 Å². The highest BCUT2D eigenvalue weighted by Crippen LogP contribution is 2.31. The summed E-state index contributed by atoms with van der Waals surface area (Å²) in [5.41, 5.74) is 3.04. The smallest absolute Gasteiger partial charge is 0.115 e. The minimum atomic E-state index is -1.14. The molecule has 1 saturated carbocycles. The molecule has 1 aliphatic carbocycles. The zero-order valence-corrected chi connectivity index (χ0v) is 24.3. The molecule has 4 rings (SSSR count). The molecule has 6 heteroatoms. The first-order chi connectivity index (χ1) is 20.2. The van der Waals surface area contributed by atoms with E-state index in [1.165, 1.54) is 25.7 Å². The second kappa shape index (κ2) is 17.4. The molecule has 222 valence electrons. The van der Waals surface area contributed by atoms with Crippen LogP contribution < -0.4 is 5.32 Å². The SMILES string of the molecule is CCCCCCCCNC1C(O)C(O)C(OCc2ccccc2)C(OCc2ccccc2)C1OCc1ccccc1. The van der Waals surface area contributed by atoms with E-state index in [4.69, 9.17) is 14.2 Å². The maximum absolute atomic E-state index is 11.4. The van der Waals surface area contributed by atoms with Crippen LogP contribution in [0.2, 0.25) is 0 Å². The fourth-order valence-corrected chi connectivity index (χ4v) is 5.48. The summed E-state index contributed by atoms with van der Waals surface area (Å²) in [5, 5.41) is 26.4. The highest BCUT2D eigenvalue weighted by atomic mass is 16.6. The molecule has 0 aliphatic heterocycles. The van der Waals surface area contributed by atoms with Crippen LogP contribution >= 0.6 is 0 Å². The van der Waals surface area contributed by atoms with Crippen molar-refractivity contribution in [2.24, 2.45) is 0 Å². The van der Waals surface area contributed by atoms with Gasteiger partial charge in [0.1, 0.15) is 30.5 Å². The van der Waals surface area contributed by atoms with Crippen LogP contribution in [0.5, 0.6) is 0 Å². The van der Waals surface area contributed by atoms with Gasteiger partial charge in [0.25, 0.3) is 0 Å². The van der Waals surface area contributed by atoms with Crippen molar-refractivity contribution in [2.45, 2.75) is 102 Å². The van der Waals surface area contributed by atoms with Gasteiger partial charge in [-0.05, 0) is 29.7 Å². The van der Waals surface area contributed by atoms with Crippen LogP contribution in [0, 0.1) is 0 Å². The molecule has 1 aliphatic rings. The van der Waals surface area contributed by atoms with Crippen molar-refractivity contribution in [2.75, 3.05) is 6.54 Å². The van der Waals surface area contributed by atoms with Gasteiger partial charge in [-0.2, -0.15) is 0 Å². The molecule has 3 N–H and O–H groups in total. The van der Waals surface area contributed by atoms with E-state index in [0.717, 1.165) is 36.1 Å². The van der Waals surface area contributed by atoms with Crippen molar-refractivity contribution >= 4 is 0 Å². The normalized spacial score (nSPS) is 24.4. The number of hydrogen-bond acceptors (Lipinski definition) is 6. The van der Waals surface area contributed by atoms with Gasteiger partial charge in [-0.1, -0.05) is 130 Å². The van der Waals surface area contributed by atoms with E-state index in [1.54, 1.807) is 0 Å². The summed E-state index contributed by atoms with van der Waals surface area (Å²) in [7, 11) is 0. The number of hydrogen-bond donors (Lipinski definition) is 3. The van der Waals surface area contributed by atoms with Crippen LogP contribution in [0.15, 0.2) is 91.0 Å². The molecule has 6 atom stereocenters. The maximum atomic E-state index is 11.4. The van der Waals surface area contributed by atoms with E-state index in [9.17, 15) is 10.2 Å². The summed E-state index contributed by atoms with van der Waals surface area (Å²) in [6.45, 7) is 3.95. The summed E-state index contributed by atoms with van der Waals surface area (Å²) in [6, 6.07) is 29.3. The molecular weight excluding hydrogens is 514 g/mol. The number of unbranched alkanes of at least 4 members (excludes halogenated alkanes) is 5. The zero-order chi connectivity index (χ0) is 28.7. The molecule has 0 spiro atoms. The molecule has 0 saturated heterocycles. The van der Waals surface area contributed by atoms with E-state index in [0.29, 0.717) is 19.8 Å². The Morgan fingerprint density at radius 2 is 0.976 bits per heavy atom. The lowest BCUT2D eigenvalue weighted by atomic mass is 9.82. The largest absolute Gasteiger partial charge is 0.389 e. The molecule has 3 aromatic rings. The lowest BCUT2D eigenvalue weighted by Gasteiger charge is -2.47. The topological polar surface area (TPSA) is 80.2 Å². The third kappa shape index (κ3) is 9.74. The minimum absolute atomic E-state index is 0.293. The number of nitrogens with one attached hydrogen (secondary N) is 1. The standard InChI is InChI=1S/C35H47NO5/c1-2-3-4-5-6-16-23-36-30-31(37)32(38)34(40-25-28-19-12-8-13-20-28)35(41-26-29-21-14-9-15-22-29)33(30)39-24-27-17-10-7-11-18-27/h7-15,17-22,30-38H,2-6,16,23-26H2,1H3. The Bertz CT molecular complexity index is 1080. The van der Waals surface area contributed by atoms with Gasteiger partial charge in [0.15, 0.2) is 0 Å². The summed E-state index contributed by atoms with van der Waals surface area (Å²) >= 11 is 0. The molecule has 3 aromatic carbocycles. The molecule has 0 heterocycles. The average molecular weight is 562 g/mol. The van der Waals surface area contributed by atoms with Gasteiger partial charge in [0, 0.05) is 0 Å². The molecule has 6 nitrogen and oxygen atoms in total. The first kappa shape index (κ1) is 31.4. The van der Waals surface area contributed by atoms with Gasteiger partial charge < -0.3 is 29.7 Å². The van der Waals surface area contributed by atoms with E-state index in [2.05, 4.69) is 12.2 Å². The molecule has 41 heavy (non-hydrogen) atoms. The Labute approximate surface area is 245 Å². The van der Waals surface area contributed by atoms with Crippen LogP contribution in [-0.2, 0) is 34.0 Å².